The summed E-state index contributed by atoms with van der Waals surface area (Å²) in [4.78, 5) is 11.9. The number of rotatable bonds is 5. The van der Waals surface area contributed by atoms with E-state index in [-0.39, 0.29) is 0 Å². The Morgan fingerprint density at radius 2 is 1.50 bits per heavy atom. The molecule has 0 bridgehead atoms. The Bertz CT molecular complexity index is 585. The van der Waals surface area contributed by atoms with Crippen LogP contribution >= 0.6 is 0 Å². The summed E-state index contributed by atoms with van der Waals surface area (Å²) < 4.78 is 15.4. The largest absolute Gasteiger partial charge is 0.497 e. The molecule has 0 saturated heterocycles. The van der Waals surface area contributed by atoms with E-state index in [0.29, 0.717) is 22.8 Å². The third kappa shape index (κ3) is 3.38. The molecular formula is C16H14O4. The van der Waals surface area contributed by atoms with Crippen LogP contribution in [0.3, 0.4) is 0 Å². The number of hydrogen-bond donors (Lipinski definition) is 0. The molecule has 0 amide bonds. The average Bonchev–Trinajstić information content (AvgIpc) is 2.49. The fourth-order valence-electron chi connectivity index (χ4n) is 1.58. The van der Waals surface area contributed by atoms with Gasteiger partial charge >= 0.3 is 5.97 Å². The van der Waals surface area contributed by atoms with Gasteiger partial charge in [0.1, 0.15) is 17.2 Å². The Balaban J connectivity index is 2.04. The van der Waals surface area contributed by atoms with E-state index in [9.17, 15) is 4.79 Å². The molecule has 0 aliphatic heterocycles. The lowest BCUT2D eigenvalue weighted by atomic mass is 10.2. The van der Waals surface area contributed by atoms with Crippen molar-refractivity contribution in [2.45, 2.75) is 0 Å². The molecule has 0 radical (unpaired) electrons. The minimum Gasteiger partial charge on any atom is -0.497 e. The molecule has 2 aromatic carbocycles. The van der Waals surface area contributed by atoms with Crippen molar-refractivity contribution in [2.75, 3.05) is 7.11 Å². The SMILES string of the molecule is C=COc1ccc(C(=O)Oc2ccc(OC)cc2)cc1. The third-order valence-electron chi connectivity index (χ3n) is 2.58. The van der Waals surface area contributed by atoms with Gasteiger partial charge in [0, 0.05) is 0 Å². The van der Waals surface area contributed by atoms with Crippen molar-refractivity contribution < 1.29 is 19.0 Å². The highest BCUT2D eigenvalue weighted by atomic mass is 16.5. The van der Waals surface area contributed by atoms with Crippen molar-refractivity contribution in [3.63, 3.8) is 0 Å². The number of methoxy groups -OCH3 is 1. The van der Waals surface area contributed by atoms with E-state index >= 15 is 0 Å². The van der Waals surface area contributed by atoms with Crippen LogP contribution in [0.25, 0.3) is 0 Å². The second-order valence-electron chi connectivity index (χ2n) is 3.87. The monoisotopic (exact) mass is 270 g/mol. The molecule has 0 fully saturated rings. The first-order valence-electron chi connectivity index (χ1n) is 5.97. The Hall–Kier alpha value is -2.75. The summed E-state index contributed by atoms with van der Waals surface area (Å²) in [6.45, 7) is 3.46. The van der Waals surface area contributed by atoms with Crippen molar-refractivity contribution in [1.82, 2.24) is 0 Å². The number of esters is 1. The van der Waals surface area contributed by atoms with Crippen LogP contribution in [0.5, 0.6) is 17.2 Å². The lowest BCUT2D eigenvalue weighted by Crippen LogP contribution is -2.08. The van der Waals surface area contributed by atoms with Crippen LogP contribution < -0.4 is 14.2 Å². The molecule has 20 heavy (non-hydrogen) atoms. The molecule has 0 aliphatic rings. The van der Waals surface area contributed by atoms with Crippen molar-refractivity contribution in [1.29, 1.82) is 0 Å². The average molecular weight is 270 g/mol. The predicted octanol–water partition coefficient (Wildman–Crippen LogP) is 3.44. The first-order valence-corrected chi connectivity index (χ1v) is 5.97. The second kappa shape index (κ2) is 6.43. The summed E-state index contributed by atoms with van der Waals surface area (Å²) in [6, 6.07) is 13.4. The van der Waals surface area contributed by atoms with Gasteiger partial charge in [-0.25, -0.2) is 4.79 Å². The summed E-state index contributed by atoms with van der Waals surface area (Å²) >= 11 is 0. The fraction of sp³-hybridized carbons (Fsp3) is 0.0625. The Kier molecular flexibility index (Phi) is 4.39. The lowest BCUT2D eigenvalue weighted by molar-refractivity contribution is 0.0734. The fourth-order valence-corrected chi connectivity index (χ4v) is 1.58. The van der Waals surface area contributed by atoms with Gasteiger partial charge in [0.15, 0.2) is 0 Å². The molecule has 2 rings (SSSR count). The molecule has 0 aliphatic carbocycles. The smallest absolute Gasteiger partial charge is 0.343 e. The molecule has 0 aromatic heterocycles. The van der Waals surface area contributed by atoms with Gasteiger partial charge in [-0.2, -0.15) is 0 Å². The molecule has 4 heteroatoms. The topological polar surface area (TPSA) is 44.8 Å². The van der Waals surface area contributed by atoms with Crippen LogP contribution in [-0.4, -0.2) is 13.1 Å². The van der Waals surface area contributed by atoms with E-state index in [1.807, 2.05) is 0 Å². The van der Waals surface area contributed by atoms with Gasteiger partial charge in [0.2, 0.25) is 0 Å². The molecule has 0 unspecified atom stereocenters. The summed E-state index contributed by atoms with van der Waals surface area (Å²) in [6.07, 6.45) is 1.32. The highest BCUT2D eigenvalue weighted by molar-refractivity contribution is 5.91. The normalized spacial score (nSPS) is 9.65. The quantitative estimate of drug-likeness (QED) is 0.474. The first kappa shape index (κ1) is 13.7. The predicted molar refractivity (Wildman–Crippen MR) is 75.2 cm³/mol. The zero-order chi connectivity index (χ0) is 14.4. The molecule has 0 N–H and O–H groups in total. The van der Waals surface area contributed by atoms with E-state index in [0.717, 1.165) is 0 Å². The van der Waals surface area contributed by atoms with Gasteiger partial charge in [-0.1, -0.05) is 6.58 Å². The van der Waals surface area contributed by atoms with Gasteiger partial charge in [0.25, 0.3) is 0 Å². The van der Waals surface area contributed by atoms with Crippen molar-refractivity contribution >= 4 is 5.97 Å². The van der Waals surface area contributed by atoms with E-state index in [1.165, 1.54) is 6.26 Å². The van der Waals surface area contributed by atoms with E-state index in [2.05, 4.69) is 6.58 Å². The molecule has 2 aromatic rings. The van der Waals surface area contributed by atoms with Gasteiger partial charge in [-0.15, -0.1) is 0 Å². The van der Waals surface area contributed by atoms with E-state index in [1.54, 1.807) is 55.6 Å². The van der Waals surface area contributed by atoms with E-state index < -0.39 is 5.97 Å². The van der Waals surface area contributed by atoms with Crippen LogP contribution in [-0.2, 0) is 0 Å². The Labute approximate surface area is 117 Å². The molecular weight excluding hydrogens is 256 g/mol. The van der Waals surface area contributed by atoms with Crippen LogP contribution in [0, 0.1) is 0 Å². The maximum Gasteiger partial charge on any atom is 0.343 e. The van der Waals surface area contributed by atoms with E-state index in [4.69, 9.17) is 14.2 Å². The van der Waals surface area contributed by atoms with Gasteiger partial charge in [0.05, 0.1) is 18.9 Å². The van der Waals surface area contributed by atoms with Crippen LogP contribution in [0.2, 0.25) is 0 Å². The number of hydrogen-bond acceptors (Lipinski definition) is 4. The standard InChI is InChI=1S/C16H14O4/c1-3-19-14-6-4-12(5-7-14)16(17)20-15-10-8-13(18-2)9-11-15/h3-11H,1H2,2H3. The summed E-state index contributed by atoms with van der Waals surface area (Å²) in [7, 11) is 1.58. The first-order chi connectivity index (χ1) is 9.72. The minimum atomic E-state index is -0.430. The molecule has 102 valence electrons. The van der Waals surface area contributed by atoms with Crippen molar-refractivity contribution in [3.05, 3.63) is 66.9 Å². The molecule has 0 saturated carbocycles. The van der Waals surface area contributed by atoms with Crippen LogP contribution in [0.15, 0.2) is 61.4 Å². The van der Waals surface area contributed by atoms with Crippen molar-refractivity contribution in [3.8, 4) is 17.2 Å². The molecule has 4 nitrogen and oxygen atoms in total. The maximum atomic E-state index is 11.9. The van der Waals surface area contributed by atoms with Crippen molar-refractivity contribution in [2.24, 2.45) is 0 Å². The highest BCUT2D eigenvalue weighted by Gasteiger charge is 2.08. The molecule has 0 spiro atoms. The zero-order valence-electron chi connectivity index (χ0n) is 11.0. The highest BCUT2D eigenvalue weighted by Crippen LogP contribution is 2.19. The summed E-state index contributed by atoms with van der Waals surface area (Å²) in [5, 5.41) is 0. The third-order valence-corrected chi connectivity index (χ3v) is 2.58. The summed E-state index contributed by atoms with van der Waals surface area (Å²) in [5.74, 6) is 1.35. The van der Waals surface area contributed by atoms with Crippen LogP contribution in [0.1, 0.15) is 10.4 Å². The summed E-state index contributed by atoms with van der Waals surface area (Å²) in [5.41, 5.74) is 0.442. The Morgan fingerprint density at radius 1 is 0.950 bits per heavy atom. The number of benzene rings is 2. The second-order valence-corrected chi connectivity index (χ2v) is 3.87. The zero-order valence-corrected chi connectivity index (χ0v) is 11.0. The van der Waals surface area contributed by atoms with Gasteiger partial charge < -0.3 is 14.2 Å². The Morgan fingerprint density at radius 3 is 2.05 bits per heavy atom. The number of carbonyl (C=O) groups is 1. The van der Waals surface area contributed by atoms with Crippen LogP contribution in [0.4, 0.5) is 0 Å². The number of ether oxygens (including phenoxy) is 3. The molecule has 0 heterocycles. The minimum absolute atomic E-state index is 0.430. The van der Waals surface area contributed by atoms with Gasteiger partial charge in [-0.05, 0) is 48.5 Å². The van der Waals surface area contributed by atoms with Gasteiger partial charge in [-0.3, -0.25) is 0 Å². The maximum absolute atomic E-state index is 11.9. The lowest BCUT2D eigenvalue weighted by Gasteiger charge is -2.06. The molecule has 0 atom stereocenters. The number of carbonyl (C=O) groups excluding carboxylic acids is 1.